The van der Waals surface area contributed by atoms with Crippen LogP contribution < -0.4 is 11.1 Å². The van der Waals surface area contributed by atoms with Crippen LogP contribution in [0.2, 0.25) is 0 Å². The smallest absolute Gasteiger partial charge is 0.184 e. The summed E-state index contributed by atoms with van der Waals surface area (Å²) in [5.41, 5.74) is 4.76. The summed E-state index contributed by atoms with van der Waals surface area (Å²) in [7, 11) is -3.43. The molecule has 2 rings (SSSR count). The van der Waals surface area contributed by atoms with Crippen LogP contribution in [0.5, 0.6) is 0 Å². The number of rotatable bonds is 5. The van der Waals surface area contributed by atoms with E-state index < -0.39 is 15.4 Å². The second-order valence-electron chi connectivity index (χ2n) is 4.82. The highest BCUT2D eigenvalue weighted by Crippen LogP contribution is 2.33. The van der Waals surface area contributed by atoms with Gasteiger partial charge in [0.15, 0.2) is 15.7 Å². The quantitative estimate of drug-likeness (QED) is 0.722. The number of aromatic nitrogens is 1. The van der Waals surface area contributed by atoms with Gasteiger partial charge in [0, 0.05) is 32.6 Å². The first-order valence-electron chi connectivity index (χ1n) is 6.40. The maximum atomic E-state index is 12.0. The molecule has 0 saturated carbocycles. The molecule has 0 aliphatic carbocycles. The van der Waals surface area contributed by atoms with Gasteiger partial charge in [-0.15, -0.1) is 0 Å². The molecule has 20 heavy (non-hydrogen) atoms. The fraction of sp³-hybridized carbons (Fsp3) is 0.727. The molecule has 1 saturated heterocycles. The van der Waals surface area contributed by atoms with Crippen molar-refractivity contribution in [1.82, 2.24) is 4.37 Å². The van der Waals surface area contributed by atoms with Crippen molar-refractivity contribution in [3.05, 3.63) is 0 Å². The van der Waals surface area contributed by atoms with Crippen LogP contribution in [-0.2, 0) is 14.6 Å². The Bertz CT molecular complexity index is 564. The van der Waals surface area contributed by atoms with Gasteiger partial charge in [-0.2, -0.15) is 4.37 Å². The zero-order valence-electron chi connectivity index (χ0n) is 11.3. The minimum absolute atomic E-state index is 0.0123. The van der Waals surface area contributed by atoms with Gasteiger partial charge in [0.1, 0.15) is 9.90 Å². The van der Waals surface area contributed by atoms with Crippen molar-refractivity contribution in [2.45, 2.75) is 30.3 Å². The molecule has 1 aliphatic heterocycles. The van der Waals surface area contributed by atoms with E-state index >= 15 is 0 Å². The Balaban J connectivity index is 2.15. The van der Waals surface area contributed by atoms with Gasteiger partial charge in [0.2, 0.25) is 0 Å². The van der Waals surface area contributed by atoms with Crippen LogP contribution in [0, 0.1) is 0 Å². The van der Waals surface area contributed by atoms with E-state index in [4.69, 9.17) is 10.5 Å². The zero-order valence-corrected chi connectivity index (χ0v) is 12.9. The van der Waals surface area contributed by atoms with Crippen molar-refractivity contribution in [3.63, 3.8) is 0 Å². The van der Waals surface area contributed by atoms with Crippen LogP contribution >= 0.6 is 11.5 Å². The van der Waals surface area contributed by atoms with Crippen molar-refractivity contribution in [2.75, 3.05) is 36.6 Å². The molecule has 1 fully saturated rings. The topological polar surface area (TPSA) is 115 Å². The summed E-state index contributed by atoms with van der Waals surface area (Å²) in [6, 6.07) is 0. The second kappa shape index (κ2) is 5.84. The standard InChI is InChI=1S/C11H19N3O4S2/c1-2-20(16,17)8-9(12)14-19-10(8)13-7-11(15)3-5-18-6-4-11/h13,15H,2-7H2,1H3,(H2,12,14). The molecule has 7 nitrogen and oxygen atoms in total. The average molecular weight is 321 g/mol. The van der Waals surface area contributed by atoms with Crippen LogP contribution in [0.4, 0.5) is 10.8 Å². The highest BCUT2D eigenvalue weighted by atomic mass is 32.2. The summed E-state index contributed by atoms with van der Waals surface area (Å²) in [4.78, 5) is 0.0423. The maximum absolute atomic E-state index is 12.0. The summed E-state index contributed by atoms with van der Waals surface area (Å²) < 4.78 is 33.1. The normalized spacial score (nSPS) is 18.9. The number of sulfone groups is 1. The van der Waals surface area contributed by atoms with Gasteiger partial charge in [-0.05, 0) is 11.5 Å². The van der Waals surface area contributed by atoms with Crippen molar-refractivity contribution in [3.8, 4) is 0 Å². The molecule has 2 heterocycles. The van der Waals surface area contributed by atoms with Gasteiger partial charge in [-0.25, -0.2) is 8.42 Å². The first-order valence-corrected chi connectivity index (χ1v) is 8.82. The summed E-state index contributed by atoms with van der Waals surface area (Å²) >= 11 is 0.998. The number of nitrogens with one attached hydrogen (secondary N) is 1. The number of ether oxygens (including phenoxy) is 1. The van der Waals surface area contributed by atoms with E-state index in [0.29, 0.717) is 31.1 Å². The van der Waals surface area contributed by atoms with E-state index in [0.717, 1.165) is 11.5 Å². The van der Waals surface area contributed by atoms with Crippen molar-refractivity contribution >= 4 is 32.2 Å². The number of aliphatic hydroxyl groups is 1. The van der Waals surface area contributed by atoms with Crippen LogP contribution in [0.3, 0.4) is 0 Å². The molecule has 0 spiro atoms. The lowest BCUT2D eigenvalue weighted by molar-refractivity contribution is -0.0543. The van der Waals surface area contributed by atoms with Gasteiger partial charge in [-0.1, -0.05) is 6.92 Å². The Labute approximate surface area is 122 Å². The molecule has 0 aromatic carbocycles. The van der Waals surface area contributed by atoms with Crippen molar-refractivity contribution < 1.29 is 18.3 Å². The Hall–Kier alpha value is -0.900. The van der Waals surface area contributed by atoms with Gasteiger partial charge in [-0.3, -0.25) is 0 Å². The van der Waals surface area contributed by atoms with E-state index in [2.05, 4.69) is 9.69 Å². The number of nitrogens with zero attached hydrogens (tertiary/aromatic N) is 1. The second-order valence-corrected chi connectivity index (χ2v) is 7.81. The van der Waals surface area contributed by atoms with E-state index in [-0.39, 0.29) is 23.0 Å². The van der Waals surface area contributed by atoms with Crippen LogP contribution in [0.1, 0.15) is 19.8 Å². The minimum atomic E-state index is -3.43. The molecule has 1 aromatic rings. The third-order valence-corrected chi connectivity index (χ3v) is 6.11. The summed E-state index contributed by atoms with van der Waals surface area (Å²) in [5.74, 6) is -0.0270. The SMILES string of the molecule is CCS(=O)(=O)c1c(N)nsc1NCC1(O)CCOCC1. The first-order chi connectivity index (χ1) is 9.38. The largest absolute Gasteiger partial charge is 0.388 e. The summed E-state index contributed by atoms with van der Waals surface area (Å²) in [5, 5.41) is 13.7. The van der Waals surface area contributed by atoms with Gasteiger partial charge in [0.05, 0.1) is 11.4 Å². The molecular formula is C11H19N3O4S2. The van der Waals surface area contributed by atoms with Crippen LogP contribution in [-0.4, -0.2) is 49.0 Å². The third-order valence-electron chi connectivity index (χ3n) is 3.37. The van der Waals surface area contributed by atoms with Crippen molar-refractivity contribution in [2.24, 2.45) is 0 Å². The Kier molecular flexibility index (Phi) is 4.52. The molecular weight excluding hydrogens is 302 g/mol. The maximum Gasteiger partial charge on any atom is 0.184 e. The molecule has 4 N–H and O–H groups in total. The molecule has 0 unspecified atom stereocenters. The lowest BCUT2D eigenvalue weighted by atomic mass is 9.94. The molecule has 1 aromatic heterocycles. The van der Waals surface area contributed by atoms with Crippen molar-refractivity contribution in [1.29, 1.82) is 0 Å². The highest BCUT2D eigenvalue weighted by Gasteiger charge is 2.31. The molecule has 0 amide bonds. The molecule has 1 aliphatic rings. The number of nitrogen functional groups attached to an aromatic ring is 1. The molecule has 9 heteroatoms. The third kappa shape index (κ3) is 3.22. The van der Waals surface area contributed by atoms with E-state index in [1.54, 1.807) is 6.92 Å². The highest BCUT2D eigenvalue weighted by molar-refractivity contribution is 7.91. The summed E-state index contributed by atoms with van der Waals surface area (Å²) in [6.07, 6.45) is 1.04. The predicted molar refractivity (Wildman–Crippen MR) is 77.7 cm³/mol. The zero-order chi connectivity index (χ0) is 14.8. The fourth-order valence-electron chi connectivity index (χ4n) is 2.02. The van der Waals surface area contributed by atoms with E-state index in [9.17, 15) is 13.5 Å². The Morgan fingerprint density at radius 3 is 2.75 bits per heavy atom. The van der Waals surface area contributed by atoms with E-state index in [1.807, 2.05) is 0 Å². The number of anilines is 2. The Morgan fingerprint density at radius 1 is 1.50 bits per heavy atom. The Morgan fingerprint density at radius 2 is 2.15 bits per heavy atom. The minimum Gasteiger partial charge on any atom is -0.388 e. The van der Waals surface area contributed by atoms with Gasteiger partial charge < -0.3 is 20.9 Å². The predicted octanol–water partition coefficient (Wildman–Crippen LogP) is 0.472. The lowest BCUT2D eigenvalue weighted by Gasteiger charge is -2.32. The van der Waals surface area contributed by atoms with Gasteiger partial charge in [0.25, 0.3) is 0 Å². The van der Waals surface area contributed by atoms with E-state index in [1.165, 1.54) is 0 Å². The number of nitrogens with two attached hydrogens (primary N) is 1. The number of hydrogen-bond donors (Lipinski definition) is 3. The molecule has 114 valence electrons. The first kappa shape index (κ1) is 15.5. The average Bonchev–Trinajstić information content (AvgIpc) is 2.79. The summed E-state index contributed by atoms with van der Waals surface area (Å²) in [6.45, 7) is 2.82. The fourth-order valence-corrected chi connectivity index (χ4v) is 4.19. The molecule has 0 radical (unpaired) electrons. The van der Waals surface area contributed by atoms with Crippen LogP contribution in [0.25, 0.3) is 0 Å². The molecule has 0 atom stereocenters. The monoisotopic (exact) mass is 321 g/mol. The van der Waals surface area contributed by atoms with Crippen LogP contribution in [0.15, 0.2) is 4.90 Å². The number of hydrogen-bond acceptors (Lipinski definition) is 8. The molecule has 0 bridgehead atoms. The lowest BCUT2D eigenvalue weighted by Crippen LogP contribution is -2.42. The van der Waals surface area contributed by atoms with Gasteiger partial charge >= 0.3 is 0 Å².